The van der Waals surface area contributed by atoms with E-state index in [1.807, 2.05) is 12.3 Å². The summed E-state index contributed by atoms with van der Waals surface area (Å²) in [5, 5.41) is 56.6. The topological polar surface area (TPSA) is 164 Å². The third-order valence-corrected chi connectivity index (χ3v) is 8.31. The molecule has 0 aliphatic carbocycles. The van der Waals surface area contributed by atoms with Crippen LogP contribution in [0.1, 0.15) is 34.2 Å². The maximum absolute atomic E-state index is 14.5. The molecule has 10 heteroatoms. The minimum absolute atomic E-state index is 0.00140. The van der Waals surface area contributed by atoms with Crippen molar-refractivity contribution in [2.45, 2.75) is 43.7 Å². The Hall–Kier alpha value is -4.51. The molecule has 0 bridgehead atoms. The summed E-state index contributed by atoms with van der Waals surface area (Å²) in [5.74, 6) is -0.413. The first-order valence-corrected chi connectivity index (χ1v) is 14.8. The van der Waals surface area contributed by atoms with Gasteiger partial charge < -0.3 is 45.3 Å². The maximum Gasteiger partial charge on any atom is 0.160 e. The Labute approximate surface area is 262 Å². The summed E-state index contributed by atoms with van der Waals surface area (Å²) in [7, 11) is 4.65. The lowest BCUT2D eigenvalue weighted by Crippen LogP contribution is -2.44. The van der Waals surface area contributed by atoms with Crippen molar-refractivity contribution in [2.24, 2.45) is 5.92 Å². The lowest BCUT2D eigenvalue weighted by Gasteiger charge is -2.34. The van der Waals surface area contributed by atoms with Crippen LogP contribution in [0.5, 0.6) is 28.7 Å². The van der Waals surface area contributed by atoms with Crippen LogP contribution >= 0.6 is 0 Å². The van der Waals surface area contributed by atoms with Crippen LogP contribution in [0.15, 0.2) is 73.1 Å². The van der Waals surface area contributed by atoms with Gasteiger partial charge in [0.15, 0.2) is 23.0 Å². The number of aliphatic hydroxyl groups is 2. The number of phenolic OH excluding ortho intramolecular Hbond substituents is 3. The monoisotopic (exact) mass is 618 g/mol. The SMILES string of the molecule is CNCc1cc(O)cc([C@@](CO)(Cc2ccc(O)c(OC)c2)C(=O)C[C@@H](O)[C@H](Cc2cc[nH]c2)Cc2ccc(O)c(OC)c2)c1. The molecule has 0 spiro atoms. The van der Waals surface area contributed by atoms with E-state index in [0.29, 0.717) is 41.8 Å². The molecular formula is C35H42N2O8. The minimum Gasteiger partial charge on any atom is -0.508 e. The van der Waals surface area contributed by atoms with Gasteiger partial charge in [-0.1, -0.05) is 18.2 Å². The predicted octanol–water partition coefficient (Wildman–Crippen LogP) is 3.76. The van der Waals surface area contributed by atoms with Crippen LogP contribution in [0.25, 0.3) is 0 Å². The van der Waals surface area contributed by atoms with Crippen molar-refractivity contribution < 1.29 is 39.8 Å². The van der Waals surface area contributed by atoms with E-state index in [-0.39, 0.29) is 35.8 Å². The smallest absolute Gasteiger partial charge is 0.160 e. The first-order valence-electron chi connectivity index (χ1n) is 14.8. The number of ether oxygens (including phenoxy) is 2. The summed E-state index contributed by atoms with van der Waals surface area (Å²) >= 11 is 0. The standard InChI is InChI=1S/C35H42N2O8/c1-36-19-25-12-27(16-28(39)13-25)35(21-38,18-23-5-7-30(41)33(15-23)45-3)34(43)17-31(42)26(11-24-8-9-37-20-24)10-22-4-6-29(40)32(14-22)44-2/h4-9,12-16,20,26,31,36-42H,10-11,17-19,21H2,1-3H3/t26-,31+,35-/m0/s1. The summed E-state index contributed by atoms with van der Waals surface area (Å²) in [5.41, 5.74) is 1.96. The fourth-order valence-corrected chi connectivity index (χ4v) is 5.87. The van der Waals surface area contributed by atoms with Crippen molar-refractivity contribution in [2.75, 3.05) is 27.9 Å². The first-order chi connectivity index (χ1) is 21.6. The number of hydrogen-bond donors (Lipinski definition) is 7. The average molecular weight is 619 g/mol. The predicted molar refractivity (Wildman–Crippen MR) is 170 cm³/mol. The highest BCUT2D eigenvalue weighted by Gasteiger charge is 2.42. The molecule has 0 aliphatic heterocycles. The number of carbonyl (C=O) groups is 1. The number of aromatic amines is 1. The number of rotatable bonds is 16. The van der Waals surface area contributed by atoms with Crippen molar-refractivity contribution in [1.82, 2.24) is 10.3 Å². The van der Waals surface area contributed by atoms with E-state index in [0.717, 1.165) is 11.1 Å². The Morgan fingerprint density at radius 3 is 2.11 bits per heavy atom. The zero-order chi connectivity index (χ0) is 32.6. The number of benzene rings is 3. The van der Waals surface area contributed by atoms with Gasteiger partial charge in [0, 0.05) is 25.4 Å². The number of Topliss-reactive ketones (excluding diaryl/α,β-unsaturated/α-hetero) is 1. The molecule has 0 saturated heterocycles. The number of nitrogens with one attached hydrogen (secondary N) is 2. The van der Waals surface area contributed by atoms with E-state index in [2.05, 4.69) is 10.3 Å². The van der Waals surface area contributed by atoms with Crippen molar-refractivity contribution in [1.29, 1.82) is 0 Å². The van der Waals surface area contributed by atoms with Gasteiger partial charge in [-0.2, -0.15) is 0 Å². The molecule has 4 rings (SSSR count). The normalized spacial score (nSPS) is 14.0. The highest BCUT2D eigenvalue weighted by atomic mass is 16.5. The molecule has 0 radical (unpaired) electrons. The van der Waals surface area contributed by atoms with Crippen LogP contribution in [0.2, 0.25) is 0 Å². The largest absolute Gasteiger partial charge is 0.508 e. The third-order valence-electron chi connectivity index (χ3n) is 8.31. The molecule has 0 unspecified atom stereocenters. The van der Waals surface area contributed by atoms with E-state index in [4.69, 9.17) is 9.47 Å². The summed E-state index contributed by atoms with van der Waals surface area (Å²) in [6.07, 6.45) is 3.10. The Kier molecular flexibility index (Phi) is 11.1. The third kappa shape index (κ3) is 7.96. The number of aromatic hydroxyl groups is 3. The number of methoxy groups -OCH3 is 2. The quantitative estimate of drug-likeness (QED) is 0.0990. The Morgan fingerprint density at radius 1 is 0.867 bits per heavy atom. The Balaban J connectivity index is 1.73. The number of ketones is 1. The number of aromatic nitrogens is 1. The van der Waals surface area contributed by atoms with Crippen LogP contribution < -0.4 is 14.8 Å². The molecule has 0 fully saturated rings. The zero-order valence-electron chi connectivity index (χ0n) is 25.8. The number of phenols is 3. The Morgan fingerprint density at radius 2 is 1.51 bits per heavy atom. The number of aliphatic hydroxyl groups excluding tert-OH is 2. The molecule has 0 amide bonds. The molecule has 1 heterocycles. The van der Waals surface area contributed by atoms with E-state index in [1.54, 1.807) is 49.6 Å². The van der Waals surface area contributed by atoms with Crippen molar-refractivity contribution in [3.05, 3.63) is 101 Å². The van der Waals surface area contributed by atoms with Gasteiger partial charge in [-0.25, -0.2) is 0 Å². The van der Waals surface area contributed by atoms with E-state index >= 15 is 0 Å². The van der Waals surface area contributed by atoms with Gasteiger partial charge in [0.25, 0.3) is 0 Å². The van der Waals surface area contributed by atoms with E-state index in [9.17, 15) is 30.3 Å². The molecule has 45 heavy (non-hydrogen) atoms. The lowest BCUT2D eigenvalue weighted by atomic mass is 9.70. The number of hydrogen-bond acceptors (Lipinski definition) is 9. The van der Waals surface area contributed by atoms with Gasteiger partial charge in [-0.3, -0.25) is 4.79 Å². The summed E-state index contributed by atoms with van der Waals surface area (Å²) < 4.78 is 10.6. The van der Waals surface area contributed by atoms with Crippen molar-refractivity contribution >= 4 is 5.78 Å². The van der Waals surface area contributed by atoms with Gasteiger partial charge in [-0.05, 0) is 103 Å². The maximum atomic E-state index is 14.5. The lowest BCUT2D eigenvalue weighted by molar-refractivity contribution is -0.129. The molecule has 1 aromatic heterocycles. The molecular weight excluding hydrogens is 576 g/mol. The Bertz CT molecular complexity index is 1570. The fraction of sp³-hybridized carbons (Fsp3) is 0.343. The second-order valence-electron chi connectivity index (χ2n) is 11.4. The molecule has 3 aromatic carbocycles. The van der Waals surface area contributed by atoms with Gasteiger partial charge in [0.1, 0.15) is 11.5 Å². The van der Waals surface area contributed by atoms with Gasteiger partial charge in [0.05, 0.1) is 32.3 Å². The van der Waals surface area contributed by atoms with Gasteiger partial charge in [0.2, 0.25) is 0 Å². The van der Waals surface area contributed by atoms with Crippen molar-refractivity contribution in [3.8, 4) is 28.7 Å². The number of H-pyrrole nitrogens is 1. The summed E-state index contributed by atoms with van der Waals surface area (Å²) in [4.78, 5) is 17.5. The minimum atomic E-state index is -1.54. The highest BCUT2D eigenvalue weighted by Crippen LogP contribution is 2.37. The van der Waals surface area contributed by atoms with E-state index in [1.165, 1.54) is 32.4 Å². The van der Waals surface area contributed by atoms with Crippen LogP contribution in [-0.4, -0.2) is 70.3 Å². The molecule has 3 atom stereocenters. The molecule has 240 valence electrons. The van der Waals surface area contributed by atoms with Crippen LogP contribution in [0, 0.1) is 5.92 Å². The van der Waals surface area contributed by atoms with Gasteiger partial charge in [-0.15, -0.1) is 0 Å². The second kappa shape index (κ2) is 15.0. The first kappa shape index (κ1) is 33.4. The summed E-state index contributed by atoms with van der Waals surface area (Å²) in [6, 6.07) is 16.4. The molecule has 0 saturated carbocycles. The van der Waals surface area contributed by atoms with E-state index < -0.39 is 29.8 Å². The highest BCUT2D eigenvalue weighted by molar-refractivity contribution is 5.91. The molecule has 0 aliphatic rings. The van der Waals surface area contributed by atoms with Crippen LogP contribution in [0.4, 0.5) is 0 Å². The average Bonchev–Trinajstić information content (AvgIpc) is 3.54. The molecule has 4 aromatic rings. The van der Waals surface area contributed by atoms with Crippen LogP contribution in [-0.2, 0) is 36.0 Å². The molecule has 7 N–H and O–H groups in total. The van der Waals surface area contributed by atoms with Crippen molar-refractivity contribution in [3.63, 3.8) is 0 Å². The van der Waals surface area contributed by atoms with Crippen LogP contribution in [0.3, 0.4) is 0 Å². The number of carbonyl (C=O) groups excluding carboxylic acids is 1. The summed E-state index contributed by atoms with van der Waals surface area (Å²) in [6.45, 7) is -0.177. The fourth-order valence-electron chi connectivity index (χ4n) is 5.87. The van der Waals surface area contributed by atoms with Gasteiger partial charge >= 0.3 is 0 Å². The molecule has 10 nitrogen and oxygen atoms in total. The zero-order valence-corrected chi connectivity index (χ0v) is 25.8. The second-order valence-corrected chi connectivity index (χ2v) is 11.4.